The molecule has 1 aliphatic carbocycles. The van der Waals surface area contributed by atoms with Gasteiger partial charge in [0.2, 0.25) is 0 Å². The van der Waals surface area contributed by atoms with Gasteiger partial charge in [-0.3, -0.25) is 14.4 Å². The van der Waals surface area contributed by atoms with E-state index in [2.05, 4.69) is 0 Å². The first-order valence-electron chi connectivity index (χ1n) is 9.35. The third-order valence-corrected chi connectivity index (χ3v) is 5.17. The molecule has 2 aromatic carbocycles. The van der Waals surface area contributed by atoms with Gasteiger partial charge in [-0.1, -0.05) is 24.3 Å². The van der Waals surface area contributed by atoms with Gasteiger partial charge in [0.1, 0.15) is 0 Å². The second-order valence-electron chi connectivity index (χ2n) is 7.14. The van der Waals surface area contributed by atoms with Crippen molar-refractivity contribution in [2.24, 2.45) is 0 Å². The van der Waals surface area contributed by atoms with Crippen molar-refractivity contribution in [2.45, 2.75) is 46.0 Å². The normalized spacial score (nSPS) is 12.5. The summed E-state index contributed by atoms with van der Waals surface area (Å²) in [5, 5.41) is 0. The lowest BCUT2D eigenvalue weighted by Gasteiger charge is -2.07. The van der Waals surface area contributed by atoms with Gasteiger partial charge < -0.3 is 4.74 Å². The SMILES string of the molecule is Cc1ccc(C(=O)CCC(=O)OCC(=O)c2ccc3c(c2)CCC3)cc1C. The summed E-state index contributed by atoms with van der Waals surface area (Å²) in [6.45, 7) is 3.65. The number of rotatable bonds is 7. The van der Waals surface area contributed by atoms with Crippen molar-refractivity contribution in [2.75, 3.05) is 6.61 Å². The minimum Gasteiger partial charge on any atom is -0.457 e. The highest BCUT2D eigenvalue weighted by Crippen LogP contribution is 2.23. The summed E-state index contributed by atoms with van der Waals surface area (Å²) in [7, 11) is 0. The highest BCUT2D eigenvalue weighted by molar-refractivity contribution is 5.99. The molecule has 0 amide bonds. The summed E-state index contributed by atoms with van der Waals surface area (Å²) in [6, 6.07) is 11.2. The summed E-state index contributed by atoms with van der Waals surface area (Å²) >= 11 is 0. The largest absolute Gasteiger partial charge is 0.457 e. The van der Waals surface area contributed by atoms with E-state index in [0.29, 0.717) is 11.1 Å². The second-order valence-corrected chi connectivity index (χ2v) is 7.14. The van der Waals surface area contributed by atoms with Crippen LogP contribution in [0.1, 0.15) is 62.2 Å². The van der Waals surface area contributed by atoms with E-state index in [9.17, 15) is 14.4 Å². The highest BCUT2D eigenvalue weighted by Gasteiger charge is 2.16. The van der Waals surface area contributed by atoms with Gasteiger partial charge in [-0.25, -0.2) is 0 Å². The Hall–Kier alpha value is -2.75. The molecule has 0 aromatic heterocycles. The number of fused-ring (bicyclic) bond motifs is 1. The predicted octanol–water partition coefficient (Wildman–Crippen LogP) is 4.18. The molecule has 0 N–H and O–H groups in total. The first-order chi connectivity index (χ1) is 12.9. The van der Waals surface area contributed by atoms with E-state index in [1.54, 1.807) is 12.1 Å². The Morgan fingerprint density at radius 2 is 1.52 bits per heavy atom. The van der Waals surface area contributed by atoms with Crippen molar-refractivity contribution in [1.82, 2.24) is 0 Å². The Morgan fingerprint density at radius 1 is 0.815 bits per heavy atom. The number of ether oxygens (including phenoxy) is 1. The standard InChI is InChI=1S/C23H24O4/c1-15-6-7-19(12-16(15)2)21(24)10-11-23(26)27-14-22(25)20-9-8-17-4-3-5-18(17)13-20/h6-9,12-13H,3-5,10-11,14H2,1-2H3. The first kappa shape index (κ1) is 19.0. The van der Waals surface area contributed by atoms with Crippen molar-refractivity contribution in [3.8, 4) is 0 Å². The van der Waals surface area contributed by atoms with Crippen LogP contribution in [0.15, 0.2) is 36.4 Å². The molecule has 0 saturated carbocycles. The molecule has 140 valence electrons. The minimum atomic E-state index is -0.526. The molecular weight excluding hydrogens is 340 g/mol. The molecule has 0 atom stereocenters. The predicted molar refractivity (Wildman–Crippen MR) is 103 cm³/mol. The number of hydrogen-bond donors (Lipinski definition) is 0. The monoisotopic (exact) mass is 364 g/mol. The van der Waals surface area contributed by atoms with Crippen LogP contribution in [0.5, 0.6) is 0 Å². The number of Topliss-reactive ketones (excluding diaryl/α,β-unsaturated/α-hetero) is 2. The molecule has 0 radical (unpaired) electrons. The molecule has 0 fully saturated rings. The Kier molecular flexibility index (Phi) is 5.84. The number of benzene rings is 2. The van der Waals surface area contributed by atoms with Crippen molar-refractivity contribution >= 4 is 17.5 Å². The molecule has 0 unspecified atom stereocenters. The van der Waals surface area contributed by atoms with Crippen LogP contribution in [0.2, 0.25) is 0 Å². The molecule has 27 heavy (non-hydrogen) atoms. The molecule has 0 spiro atoms. The van der Waals surface area contributed by atoms with Gasteiger partial charge in [-0.2, -0.15) is 0 Å². The zero-order chi connectivity index (χ0) is 19.4. The zero-order valence-electron chi connectivity index (χ0n) is 15.8. The van der Waals surface area contributed by atoms with Gasteiger partial charge in [0.25, 0.3) is 0 Å². The number of carbonyl (C=O) groups excluding carboxylic acids is 3. The summed E-state index contributed by atoms with van der Waals surface area (Å²) in [5.41, 5.74) is 5.86. The molecule has 0 heterocycles. The Bertz CT molecular complexity index is 895. The van der Waals surface area contributed by atoms with Gasteiger partial charge in [-0.05, 0) is 67.5 Å². The zero-order valence-corrected chi connectivity index (χ0v) is 15.8. The number of carbonyl (C=O) groups is 3. The molecule has 0 bridgehead atoms. The molecule has 0 aliphatic heterocycles. The molecule has 4 nitrogen and oxygen atoms in total. The van der Waals surface area contributed by atoms with Crippen LogP contribution < -0.4 is 0 Å². The quantitative estimate of drug-likeness (QED) is 0.546. The third kappa shape index (κ3) is 4.70. The fourth-order valence-electron chi connectivity index (χ4n) is 3.32. The van der Waals surface area contributed by atoms with Gasteiger partial charge in [-0.15, -0.1) is 0 Å². The van der Waals surface area contributed by atoms with Crippen molar-refractivity contribution in [3.63, 3.8) is 0 Å². The van der Waals surface area contributed by atoms with Gasteiger partial charge in [0.05, 0.1) is 6.42 Å². The smallest absolute Gasteiger partial charge is 0.306 e. The second kappa shape index (κ2) is 8.30. The van der Waals surface area contributed by atoms with E-state index in [1.807, 2.05) is 38.1 Å². The van der Waals surface area contributed by atoms with Crippen LogP contribution in [0, 0.1) is 13.8 Å². The summed E-state index contributed by atoms with van der Waals surface area (Å²) in [4.78, 5) is 36.3. The van der Waals surface area contributed by atoms with E-state index in [0.717, 1.165) is 30.4 Å². The molecule has 2 aromatic rings. The fourth-order valence-corrected chi connectivity index (χ4v) is 3.32. The Labute approximate surface area is 159 Å². The Morgan fingerprint density at radius 3 is 2.30 bits per heavy atom. The van der Waals surface area contributed by atoms with Crippen LogP contribution >= 0.6 is 0 Å². The maximum atomic E-state index is 12.2. The molecule has 1 aliphatic rings. The summed E-state index contributed by atoms with van der Waals surface area (Å²) in [5.74, 6) is -0.833. The molecule has 0 saturated heterocycles. The molecular formula is C23H24O4. The summed E-state index contributed by atoms with van der Waals surface area (Å²) < 4.78 is 5.07. The van der Waals surface area contributed by atoms with Crippen LogP contribution in [0.25, 0.3) is 0 Å². The maximum absolute atomic E-state index is 12.2. The van der Waals surface area contributed by atoms with E-state index in [1.165, 1.54) is 11.1 Å². The number of hydrogen-bond acceptors (Lipinski definition) is 4. The van der Waals surface area contributed by atoms with E-state index in [-0.39, 0.29) is 31.0 Å². The lowest BCUT2D eigenvalue weighted by molar-refractivity contribution is -0.142. The number of esters is 1. The van der Waals surface area contributed by atoms with E-state index < -0.39 is 5.97 Å². The topological polar surface area (TPSA) is 60.4 Å². The maximum Gasteiger partial charge on any atom is 0.306 e. The lowest BCUT2D eigenvalue weighted by atomic mass is 10.0. The molecule has 4 heteroatoms. The van der Waals surface area contributed by atoms with Crippen LogP contribution in [0.3, 0.4) is 0 Å². The Balaban J connectivity index is 1.47. The number of aryl methyl sites for hydroxylation is 4. The van der Waals surface area contributed by atoms with Crippen molar-refractivity contribution in [1.29, 1.82) is 0 Å². The first-order valence-corrected chi connectivity index (χ1v) is 9.35. The van der Waals surface area contributed by atoms with Crippen LogP contribution in [-0.2, 0) is 22.4 Å². The van der Waals surface area contributed by atoms with Gasteiger partial charge in [0.15, 0.2) is 18.2 Å². The van der Waals surface area contributed by atoms with Crippen molar-refractivity contribution in [3.05, 3.63) is 69.8 Å². The average molecular weight is 364 g/mol. The fraction of sp³-hybridized carbons (Fsp3) is 0.348. The third-order valence-electron chi connectivity index (χ3n) is 5.17. The summed E-state index contributed by atoms with van der Waals surface area (Å²) in [6.07, 6.45) is 3.23. The van der Waals surface area contributed by atoms with Crippen LogP contribution in [-0.4, -0.2) is 24.1 Å². The number of ketones is 2. The average Bonchev–Trinajstić information content (AvgIpc) is 3.14. The van der Waals surface area contributed by atoms with E-state index >= 15 is 0 Å². The van der Waals surface area contributed by atoms with Crippen LogP contribution in [0.4, 0.5) is 0 Å². The van der Waals surface area contributed by atoms with E-state index in [4.69, 9.17) is 4.74 Å². The van der Waals surface area contributed by atoms with Crippen molar-refractivity contribution < 1.29 is 19.1 Å². The minimum absolute atomic E-state index is 0.0246. The highest BCUT2D eigenvalue weighted by atomic mass is 16.5. The van der Waals surface area contributed by atoms with Gasteiger partial charge >= 0.3 is 5.97 Å². The molecule has 3 rings (SSSR count). The lowest BCUT2D eigenvalue weighted by Crippen LogP contribution is -2.15. The van der Waals surface area contributed by atoms with Gasteiger partial charge in [0, 0.05) is 17.5 Å².